The highest BCUT2D eigenvalue weighted by Gasteiger charge is 2.23. The first-order valence-corrected chi connectivity index (χ1v) is 9.12. The minimum Gasteiger partial charge on any atom is -0.462 e. The highest BCUT2D eigenvalue weighted by Crippen LogP contribution is 2.39. The van der Waals surface area contributed by atoms with Gasteiger partial charge in [-0.25, -0.2) is 14.6 Å². The van der Waals surface area contributed by atoms with Crippen LogP contribution < -0.4 is 20.5 Å². The lowest BCUT2D eigenvalue weighted by Crippen LogP contribution is -2.20. The van der Waals surface area contributed by atoms with Crippen LogP contribution in [0.25, 0.3) is 22.2 Å². The number of urea groups is 1. The summed E-state index contributed by atoms with van der Waals surface area (Å²) in [7, 11) is 0. The molecule has 1 aliphatic heterocycles. The van der Waals surface area contributed by atoms with Crippen LogP contribution in [0.5, 0.6) is 11.5 Å². The summed E-state index contributed by atoms with van der Waals surface area (Å²) in [6.07, 6.45) is 0. The molecule has 3 aromatic rings. The molecule has 0 unspecified atom stereocenters. The van der Waals surface area contributed by atoms with Gasteiger partial charge in [0.25, 0.3) is 0 Å². The molecule has 4 rings (SSSR count). The van der Waals surface area contributed by atoms with Gasteiger partial charge in [-0.05, 0) is 25.1 Å². The summed E-state index contributed by atoms with van der Waals surface area (Å²) in [5, 5.41) is 3.43. The fourth-order valence-electron chi connectivity index (χ4n) is 3.11. The van der Waals surface area contributed by atoms with Crippen molar-refractivity contribution in [3.8, 4) is 22.8 Å². The molecule has 29 heavy (non-hydrogen) atoms. The minimum atomic E-state index is -0.791. The Hall–Kier alpha value is -3.52. The number of ether oxygens (including phenoxy) is 3. The van der Waals surface area contributed by atoms with Crippen molar-refractivity contribution in [2.45, 2.75) is 6.92 Å². The molecule has 2 heterocycles. The summed E-state index contributed by atoms with van der Waals surface area (Å²) in [5.74, 6) is 0.571. The molecule has 2 amide bonds. The third kappa shape index (κ3) is 3.50. The molecule has 0 bridgehead atoms. The number of para-hydroxylation sites is 1. The molecule has 0 aliphatic carbocycles. The van der Waals surface area contributed by atoms with E-state index in [-0.39, 0.29) is 29.7 Å². The first-order valence-electron chi connectivity index (χ1n) is 8.74. The van der Waals surface area contributed by atoms with Crippen LogP contribution in [0.1, 0.15) is 17.3 Å². The topological polar surface area (TPSA) is 113 Å². The second-order valence-electron chi connectivity index (χ2n) is 6.15. The third-order valence-electron chi connectivity index (χ3n) is 4.32. The number of aromatic nitrogens is 1. The van der Waals surface area contributed by atoms with Crippen molar-refractivity contribution in [2.75, 3.05) is 18.7 Å². The first kappa shape index (κ1) is 18.8. The maximum atomic E-state index is 12.7. The Morgan fingerprint density at radius 1 is 1.24 bits per heavy atom. The number of anilines is 1. The Bertz CT molecular complexity index is 1150. The summed E-state index contributed by atoms with van der Waals surface area (Å²) in [5.41, 5.74) is 7.05. The largest absolute Gasteiger partial charge is 0.462 e. The normalized spacial score (nSPS) is 12.1. The van der Waals surface area contributed by atoms with E-state index in [2.05, 4.69) is 10.3 Å². The highest BCUT2D eigenvalue weighted by molar-refractivity contribution is 6.34. The van der Waals surface area contributed by atoms with Crippen molar-refractivity contribution in [3.05, 3.63) is 47.0 Å². The average molecular weight is 414 g/mol. The second-order valence-corrected chi connectivity index (χ2v) is 6.56. The number of nitrogens with one attached hydrogen (secondary N) is 1. The number of primary amides is 1. The van der Waals surface area contributed by atoms with Gasteiger partial charge < -0.3 is 25.3 Å². The number of rotatable bonds is 4. The number of hydrogen-bond donors (Lipinski definition) is 2. The molecule has 0 saturated carbocycles. The zero-order valence-electron chi connectivity index (χ0n) is 15.3. The van der Waals surface area contributed by atoms with E-state index in [1.54, 1.807) is 43.3 Å². The number of esters is 1. The molecule has 0 spiro atoms. The van der Waals surface area contributed by atoms with Crippen molar-refractivity contribution in [1.82, 2.24) is 4.98 Å². The summed E-state index contributed by atoms with van der Waals surface area (Å²) >= 11 is 6.26. The van der Waals surface area contributed by atoms with Crippen molar-refractivity contribution in [2.24, 2.45) is 5.73 Å². The molecule has 148 valence electrons. The van der Waals surface area contributed by atoms with Crippen molar-refractivity contribution in [1.29, 1.82) is 0 Å². The van der Waals surface area contributed by atoms with E-state index in [9.17, 15) is 9.59 Å². The van der Waals surface area contributed by atoms with Crippen LogP contribution in [0.15, 0.2) is 36.4 Å². The lowest BCUT2D eigenvalue weighted by molar-refractivity contribution is 0.0527. The molecular formula is C20H16ClN3O5. The zero-order valence-corrected chi connectivity index (χ0v) is 16.1. The number of amides is 2. The molecule has 1 aromatic heterocycles. The van der Waals surface area contributed by atoms with E-state index >= 15 is 0 Å². The predicted octanol–water partition coefficient (Wildman–Crippen LogP) is 3.95. The summed E-state index contributed by atoms with van der Waals surface area (Å²) < 4.78 is 16.0. The average Bonchev–Trinajstić information content (AvgIpc) is 3.14. The lowest BCUT2D eigenvalue weighted by Gasteiger charge is -2.15. The first-order chi connectivity index (χ1) is 14.0. The molecule has 0 fully saturated rings. The van der Waals surface area contributed by atoms with Gasteiger partial charge in [-0.2, -0.15) is 0 Å². The molecule has 1 aliphatic rings. The van der Waals surface area contributed by atoms with Gasteiger partial charge in [0.05, 0.1) is 34.1 Å². The quantitative estimate of drug-likeness (QED) is 0.626. The number of carbonyl (C=O) groups excluding carboxylic acids is 2. The Morgan fingerprint density at radius 3 is 2.72 bits per heavy atom. The highest BCUT2D eigenvalue weighted by atomic mass is 35.5. The predicted molar refractivity (Wildman–Crippen MR) is 107 cm³/mol. The minimum absolute atomic E-state index is 0.115. The Morgan fingerprint density at radius 2 is 2.00 bits per heavy atom. The maximum Gasteiger partial charge on any atom is 0.340 e. The molecule has 0 saturated heterocycles. The van der Waals surface area contributed by atoms with Crippen molar-refractivity contribution < 1.29 is 23.8 Å². The number of fused-ring (bicyclic) bond motifs is 2. The summed E-state index contributed by atoms with van der Waals surface area (Å²) in [6.45, 7) is 2.02. The summed E-state index contributed by atoms with van der Waals surface area (Å²) in [6, 6.07) is 9.30. The molecule has 8 nitrogen and oxygen atoms in total. The SMILES string of the molecule is CCOC(=O)c1cc2cc3c(cc2nc1-c1cccc(Cl)c1NC(N)=O)OCO3. The Labute approximate surface area is 170 Å². The third-order valence-corrected chi connectivity index (χ3v) is 4.64. The van der Waals surface area contributed by atoms with Crippen molar-refractivity contribution >= 4 is 40.2 Å². The maximum absolute atomic E-state index is 12.7. The van der Waals surface area contributed by atoms with Crippen LogP contribution in [-0.2, 0) is 4.74 Å². The van der Waals surface area contributed by atoms with Crippen LogP contribution in [-0.4, -0.2) is 30.4 Å². The van der Waals surface area contributed by atoms with Gasteiger partial charge in [0.1, 0.15) is 0 Å². The summed E-state index contributed by atoms with van der Waals surface area (Å²) in [4.78, 5) is 28.8. The van der Waals surface area contributed by atoms with Crippen LogP contribution >= 0.6 is 11.6 Å². The number of pyridine rings is 1. The number of benzene rings is 2. The van der Waals surface area contributed by atoms with E-state index in [1.165, 1.54) is 0 Å². The van der Waals surface area contributed by atoms with Gasteiger partial charge in [-0.15, -0.1) is 0 Å². The van der Waals surface area contributed by atoms with Gasteiger partial charge in [-0.1, -0.05) is 23.7 Å². The van der Waals surface area contributed by atoms with E-state index in [4.69, 9.17) is 31.5 Å². The van der Waals surface area contributed by atoms with Crippen LogP contribution in [0, 0.1) is 0 Å². The van der Waals surface area contributed by atoms with Crippen molar-refractivity contribution in [3.63, 3.8) is 0 Å². The molecule has 2 aromatic carbocycles. The zero-order chi connectivity index (χ0) is 20.5. The number of halogens is 1. The Kier molecular flexibility index (Phi) is 4.85. The fraction of sp³-hybridized carbons (Fsp3) is 0.150. The van der Waals surface area contributed by atoms with E-state index < -0.39 is 12.0 Å². The lowest BCUT2D eigenvalue weighted by atomic mass is 10.0. The Balaban J connectivity index is 1.98. The van der Waals surface area contributed by atoms with Gasteiger partial charge in [0.15, 0.2) is 11.5 Å². The van der Waals surface area contributed by atoms with Crippen LogP contribution in [0.3, 0.4) is 0 Å². The molecule has 0 radical (unpaired) electrons. The molecule has 0 atom stereocenters. The smallest absolute Gasteiger partial charge is 0.340 e. The van der Waals surface area contributed by atoms with E-state index in [0.717, 1.165) is 0 Å². The number of hydrogen-bond acceptors (Lipinski definition) is 6. The van der Waals surface area contributed by atoms with Crippen LogP contribution in [0.4, 0.5) is 10.5 Å². The van der Waals surface area contributed by atoms with E-state index in [1.807, 2.05) is 0 Å². The van der Waals surface area contributed by atoms with Gasteiger partial charge in [0, 0.05) is 17.0 Å². The monoisotopic (exact) mass is 413 g/mol. The van der Waals surface area contributed by atoms with Gasteiger partial charge in [-0.3, -0.25) is 0 Å². The number of nitrogens with two attached hydrogens (primary N) is 1. The van der Waals surface area contributed by atoms with Gasteiger partial charge >= 0.3 is 12.0 Å². The van der Waals surface area contributed by atoms with Gasteiger partial charge in [0.2, 0.25) is 6.79 Å². The fourth-order valence-corrected chi connectivity index (χ4v) is 3.33. The second kappa shape index (κ2) is 7.48. The standard InChI is InChI=1S/C20H16ClN3O5/c1-2-27-19(25)12-6-10-7-15-16(29-9-28-15)8-14(10)23-17(12)11-4-3-5-13(21)18(11)24-20(22)26/h3-8H,2,9H2,1H3,(H3,22,24,26). The van der Waals surface area contributed by atoms with Crippen LogP contribution in [0.2, 0.25) is 5.02 Å². The number of carbonyl (C=O) groups is 2. The number of nitrogens with zero attached hydrogens (tertiary/aromatic N) is 1. The van der Waals surface area contributed by atoms with E-state index in [0.29, 0.717) is 33.7 Å². The molecular weight excluding hydrogens is 398 g/mol. The molecule has 9 heteroatoms. The molecule has 3 N–H and O–H groups in total.